The van der Waals surface area contributed by atoms with Crippen LogP contribution in [-0.2, 0) is 9.53 Å². The number of fused-ring (bicyclic) bond motifs is 4. The minimum absolute atomic E-state index is 0.00722. The van der Waals surface area contributed by atoms with E-state index in [-0.39, 0.29) is 17.5 Å². The second-order valence-electron chi connectivity index (χ2n) is 4.64. The van der Waals surface area contributed by atoms with E-state index >= 15 is 0 Å². The van der Waals surface area contributed by atoms with Crippen LogP contribution in [0.5, 0.6) is 0 Å². The summed E-state index contributed by atoms with van der Waals surface area (Å²) in [5, 5.41) is 0. The highest BCUT2D eigenvalue weighted by Crippen LogP contribution is 2.63. The molecule has 2 aliphatic heterocycles. The van der Waals surface area contributed by atoms with Crippen LogP contribution >= 0.6 is 22.6 Å². The van der Waals surface area contributed by atoms with Gasteiger partial charge in [0.1, 0.15) is 6.10 Å². The number of alkyl halides is 1. The first-order chi connectivity index (χ1) is 6.22. The molecule has 4 fully saturated rings. The SMILES string of the molecule is O=C1O[C@@H]2CC3C[C@]13CCCC2I. The van der Waals surface area contributed by atoms with E-state index in [2.05, 4.69) is 22.6 Å². The van der Waals surface area contributed by atoms with Gasteiger partial charge in [0.15, 0.2) is 0 Å². The van der Waals surface area contributed by atoms with Gasteiger partial charge in [-0.15, -0.1) is 0 Å². The first-order valence-corrected chi connectivity index (χ1v) is 6.32. The van der Waals surface area contributed by atoms with E-state index in [1.54, 1.807) is 0 Å². The van der Waals surface area contributed by atoms with Gasteiger partial charge in [-0.1, -0.05) is 29.0 Å². The second-order valence-corrected chi connectivity index (χ2v) is 6.24. The average Bonchev–Trinajstić information content (AvgIpc) is 2.77. The number of rotatable bonds is 0. The van der Waals surface area contributed by atoms with Gasteiger partial charge in [-0.05, 0) is 31.6 Å². The van der Waals surface area contributed by atoms with Crippen LogP contribution in [0.2, 0.25) is 0 Å². The zero-order valence-corrected chi connectivity index (χ0v) is 9.62. The zero-order chi connectivity index (χ0) is 9.05. The minimum Gasteiger partial charge on any atom is -0.461 e. The Balaban J connectivity index is 1.92. The maximum atomic E-state index is 11.7. The summed E-state index contributed by atoms with van der Waals surface area (Å²) in [7, 11) is 0. The van der Waals surface area contributed by atoms with Gasteiger partial charge in [-0.25, -0.2) is 0 Å². The number of hydrogen-bond donors (Lipinski definition) is 0. The molecule has 0 aromatic heterocycles. The fourth-order valence-corrected chi connectivity index (χ4v) is 3.83. The molecule has 4 atom stereocenters. The molecule has 0 amide bonds. The summed E-state index contributed by atoms with van der Waals surface area (Å²) in [6, 6.07) is 0. The van der Waals surface area contributed by atoms with Crippen molar-refractivity contribution in [3.05, 3.63) is 0 Å². The minimum atomic E-state index is 0.00722. The fourth-order valence-electron chi connectivity index (χ4n) is 2.95. The Morgan fingerprint density at radius 2 is 2.38 bits per heavy atom. The summed E-state index contributed by atoms with van der Waals surface area (Å²) < 4.78 is 6.06. The van der Waals surface area contributed by atoms with E-state index < -0.39 is 0 Å². The molecule has 0 aromatic rings. The predicted molar refractivity (Wildman–Crippen MR) is 56.7 cm³/mol. The molecule has 2 saturated heterocycles. The van der Waals surface area contributed by atoms with Crippen molar-refractivity contribution >= 4 is 28.6 Å². The summed E-state index contributed by atoms with van der Waals surface area (Å²) in [6.45, 7) is 0. The summed E-state index contributed by atoms with van der Waals surface area (Å²) in [4.78, 5) is 11.7. The van der Waals surface area contributed by atoms with Gasteiger partial charge < -0.3 is 4.74 Å². The molecular formula is C10H13IO2. The number of carbonyl (C=O) groups is 1. The molecule has 13 heavy (non-hydrogen) atoms. The van der Waals surface area contributed by atoms with Crippen molar-refractivity contribution in [2.24, 2.45) is 11.3 Å². The lowest BCUT2D eigenvalue weighted by molar-refractivity contribution is -0.163. The molecule has 2 heterocycles. The Kier molecular flexibility index (Phi) is 1.71. The zero-order valence-electron chi connectivity index (χ0n) is 7.46. The van der Waals surface area contributed by atoms with Crippen molar-refractivity contribution in [1.82, 2.24) is 0 Å². The molecule has 2 aliphatic carbocycles. The summed E-state index contributed by atoms with van der Waals surface area (Å²) >= 11 is 2.44. The molecule has 0 radical (unpaired) electrons. The van der Waals surface area contributed by atoms with Crippen LogP contribution in [0.15, 0.2) is 0 Å². The van der Waals surface area contributed by atoms with E-state index in [1.165, 1.54) is 12.8 Å². The molecule has 0 N–H and O–H groups in total. The van der Waals surface area contributed by atoms with E-state index in [9.17, 15) is 4.79 Å². The summed E-state index contributed by atoms with van der Waals surface area (Å²) in [6.07, 6.45) is 6.02. The maximum absolute atomic E-state index is 11.7. The third-order valence-corrected chi connectivity index (χ3v) is 5.34. The normalized spacial score (nSPS) is 53.3. The van der Waals surface area contributed by atoms with Gasteiger partial charge in [-0.3, -0.25) is 4.79 Å². The van der Waals surface area contributed by atoms with Crippen LogP contribution in [0.3, 0.4) is 0 Å². The van der Waals surface area contributed by atoms with Crippen molar-refractivity contribution in [2.75, 3.05) is 0 Å². The fraction of sp³-hybridized carbons (Fsp3) is 0.900. The number of hydrogen-bond acceptors (Lipinski definition) is 2. The van der Waals surface area contributed by atoms with Gasteiger partial charge in [0.2, 0.25) is 0 Å². The van der Waals surface area contributed by atoms with E-state index in [0.717, 1.165) is 19.3 Å². The van der Waals surface area contributed by atoms with Crippen molar-refractivity contribution in [3.63, 3.8) is 0 Å². The van der Waals surface area contributed by atoms with Crippen molar-refractivity contribution < 1.29 is 9.53 Å². The molecule has 1 spiro atoms. The topological polar surface area (TPSA) is 26.3 Å². The first kappa shape index (κ1) is 8.50. The molecule has 2 bridgehead atoms. The maximum Gasteiger partial charge on any atom is 0.312 e. The Bertz CT molecular complexity index is 266. The Morgan fingerprint density at radius 3 is 3.15 bits per heavy atom. The highest BCUT2D eigenvalue weighted by Gasteiger charge is 2.65. The Morgan fingerprint density at radius 1 is 1.54 bits per heavy atom. The van der Waals surface area contributed by atoms with E-state index in [1.807, 2.05) is 0 Å². The largest absolute Gasteiger partial charge is 0.461 e. The lowest BCUT2D eigenvalue weighted by atomic mass is 9.87. The quantitative estimate of drug-likeness (QED) is 0.389. The van der Waals surface area contributed by atoms with Crippen LogP contribution in [0.25, 0.3) is 0 Å². The Labute approximate surface area is 91.5 Å². The Hall–Kier alpha value is 0.200. The molecule has 3 heteroatoms. The standard InChI is InChI=1S/C10H13IO2/c11-7-2-1-3-10-5-6(10)4-8(7)13-9(10)12/h6-8H,1-5H2/t6?,7?,8-,10+/m1/s1. The number of esters is 1. The average molecular weight is 292 g/mol. The first-order valence-electron chi connectivity index (χ1n) is 5.07. The predicted octanol–water partition coefficient (Wildman–Crippen LogP) is 2.30. The third-order valence-electron chi connectivity index (χ3n) is 3.92. The van der Waals surface area contributed by atoms with Crippen LogP contribution in [0, 0.1) is 11.3 Å². The van der Waals surface area contributed by atoms with Gasteiger partial charge >= 0.3 is 5.97 Å². The molecule has 4 aliphatic rings. The molecular weight excluding hydrogens is 279 g/mol. The van der Waals surface area contributed by atoms with Crippen molar-refractivity contribution in [3.8, 4) is 0 Å². The van der Waals surface area contributed by atoms with Crippen molar-refractivity contribution in [2.45, 2.75) is 42.1 Å². The molecule has 72 valence electrons. The highest BCUT2D eigenvalue weighted by molar-refractivity contribution is 14.1. The van der Waals surface area contributed by atoms with Gasteiger partial charge in [-0.2, -0.15) is 0 Å². The lowest BCUT2D eigenvalue weighted by Gasteiger charge is -2.33. The van der Waals surface area contributed by atoms with E-state index in [0.29, 0.717) is 9.84 Å². The monoisotopic (exact) mass is 292 g/mol. The molecule has 2 saturated carbocycles. The third kappa shape index (κ3) is 1.09. The number of carbonyl (C=O) groups excluding carboxylic acids is 1. The van der Waals surface area contributed by atoms with Gasteiger partial charge in [0, 0.05) is 3.92 Å². The number of ether oxygens (including phenoxy) is 1. The summed E-state index contributed by atoms with van der Waals surface area (Å²) in [5.41, 5.74) is 0.00722. The molecule has 4 rings (SSSR count). The van der Waals surface area contributed by atoms with Crippen LogP contribution in [0.4, 0.5) is 0 Å². The number of halogens is 1. The van der Waals surface area contributed by atoms with Gasteiger partial charge in [0.05, 0.1) is 5.41 Å². The summed E-state index contributed by atoms with van der Waals surface area (Å²) in [5.74, 6) is 0.798. The second kappa shape index (κ2) is 2.61. The lowest BCUT2D eigenvalue weighted by Crippen LogP contribution is -2.39. The van der Waals surface area contributed by atoms with Gasteiger partial charge in [0.25, 0.3) is 0 Å². The van der Waals surface area contributed by atoms with Crippen LogP contribution in [-0.4, -0.2) is 16.0 Å². The van der Waals surface area contributed by atoms with Crippen LogP contribution in [0.1, 0.15) is 32.1 Å². The molecule has 2 unspecified atom stereocenters. The highest BCUT2D eigenvalue weighted by atomic mass is 127. The molecule has 2 nitrogen and oxygen atoms in total. The molecule has 0 aromatic carbocycles. The smallest absolute Gasteiger partial charge is 0.312 e. The van der Waals surface area contributed by atoms with E-state index in [4.69, 9.17) is 4.74 Å². The van der Waals surface area contributed by atoms with Crippen LogP contribution < -0.4 is 0 Å². The van der Waals surface area contributed by atoms with Crippen molar-refractivity contribution in [1.29, 1.82) is 0 Å².